The van der Waals surface area contributed by atoms with Gasteiger partial charge in [0.25, 0.3) is 0 Å². The summed E-state index contributed by atoms with van der Waals surface area (Å²) < 4.78 is 40.6. The van der Waals surface area contributed by atoms with E-state index >= 15 is 0 Å². The molecule has 2 unspecified atom stereocenters. The Labute approximate surface area is 154 Å². The van der Waals surface area contributed by atoms with Crippen LogP contribution in [0.3, 0.4) is 0 Å². The van der Waals surface area contributed by atoms with Crippen molar-refractivity contribution in [2.24, 2.45) is 0 Å². The minimum Gasteiger partial charge on any atom is -0.744 e. The Bertz CT molecular complexity index is 699. The summed E-state index contributed by atoms with van der Waals surface area (Å²) in [6.07, 6.45) is 0.529. The summed E-state index contributed by atoms with van der Waals surface area (Å²) in [4.78, 5) is -0.107. The molecule has 0 saturated heterocycles. The van der Waals surface area contributed by atoms with Crippen LogP contribution >= 0.6 is 0 Å². The van der Waals surface area contributed by atoms with Crippen molar-refractivity contribution < 1.29 is 47.3 Å². The van der Waals surface area contributed by atoms with Crippen molar-refractivity contribution in [3.8, 4) is 11.1 Å². The molecule has 0 amide bonds. The van der Waals surface area contributed by atoms with Gasteiger partial charge in [-0.15, -0.1) is 0 Å². The van der Waals surface area contributed by atoms with Crippen molar-refractivity contribution in [1.29, 1.82) is 0 Å². The minimum atomic E-state index is -4.55. The molecule has 0 radical (unpaired) electrons. The van der Waals surface area contributed by atoms with Crippen LogP contribution in [0.1, 0.15) is 31.7 Å². The third kappa shape index (κ3) is 3.91. The van der Waals surface area contributed by atoms with Crippen LogP contribution in [-0.2, 0) is 14.9 Å². The van der Waals surface area contributed by atoms with Gasteiger partial charge in [-0.3, -0.25) is 0 Å². The summed E-state index contributed by atoms with van der Waals surface area (Å²) >= 11 is 0. The monoisotopic (exact) mass is 330 g/mol. The molecule has 0 aromatic heterocycles. The maximum Gasteiger partial charge on any atom is 1.00 e. The van der Waals surface area contributed by atoms with Crippen molar-refractivity contribution in [2.45, 2.75) is 37.2 Å². The summed E-state index contributed by atoms with van der Waals surface area (Å²) in [5, 5.41) is 0. The Morgan fingerprint density at radius 1 is 1.23 bits per heavy atom. The standard InChI is InChI=1S/C16H20O4S.Na/c1-4-13(11(2)20-3)15-10-12-8-6-5-7-9-14(12)16(15)21(17,18)19;/h5-11,13H,4H2,1-3H3,(H,17,18,19);/q;+1/p-1. The van der Waals surface area contributed by atoms with Crippen LogP contribution in [0.15, 0.2) is 41.3 Å². The van der Waals surface area contributed by atoms with Crippen LogP contribution in [0, 0.1) is 0 Å². The predicted octanol–water partition coefficient (Wildman–Crippen LogP) is 0.228. The topological polar surface area (TPSA) is 66.4 Å². The Hall–Kier alpha value is -0.430. The van der Waals surface area contributed by atoms with Crippen LogP contribution in [0.2, 0.25) is 0 Å². The zero-order valence-corrected chi connectivity index (χ0v) is 16.2. The average molecular weight is 330 g/mol. The van der Waals surface area contributed by atoms with Gasteiger partial charge in [0, 0.05) is 13.0 Å². The first-order valence-corrected chi connectivity index (χ1v) is 8.31. The van der Waals surface area contributed by atoms with E-state index in [1.807, 2.05) is 26.0 Å². The van der Waals surface area contributed by atoms with E-state index in [0.29, 0.717) is 17.5 Å². The molecule has 0 bridgehead atoms. The van der Waals surface area contributed by atoms with Gasteiger partial charge in [-0.1, -0.05) is 37.3 Å². The van der Waals surface area contributed by atoms with Gasteiger partial charge in [0.15, 0.2) is 0 Å². The van der Waals surface area contributed by atoms with Crippen molar-refractivity contribution in [3.63, 3.8) is 0 Å². The second kappa shape index (κ2) is 7.90. The first-order valence-electron chi connectivity index (χ1n) is 6.90. The van der Waals surface area contributed by atoms with E-state index < -0.39 is 10.1 Å². The SMILES string of the molecule is CCC(c1cc2cccccc-2c1S(=O)(=O)[O-])C(C)OC.[Na+]. The second-order valence-corrected chi connectivity index (χ2v) is 6.43. The molecular formula is C16H19NaO4S. The van der Waals surface area contributed by atoms with Gasteiger partial charge < -0.3 is 9.29 Å². The average Bonchev–Trinajstić information content (AvgIpc) is 2.63. The quantitative estimate of drug-likeness (QED) is 0.581. The molecule has 2 aliphatic carbocycles. The first kappa shape index (κ1) is 19.6. The predicted molar refractivity (Wildman–Crippen MR) is 80.5 cm³/mol. The van der Waals surface area contributed by atoms with E-state index in [-0.39, 0.29) is 46.5 Å². The molecule has 0 N–H and O–H groups in total. The maximum atomic E-state index is 11.8. The van der Waals surface area contributed by atoms with E-state index in [2.05, 4.69) is 0 Å². The Balaban J connectivity index is 0.00000242. The van der Waals surface area contributed by atoms with E-state index in [1.54, 1.807) is 31.4 Å². The zero-order valence-electron chi connectivity index (χ0n) is 13.4. The van der Waals surface area contributed by atoms with E-state index in [4.69, 9.17) is 4.74 Å². The number of methoxy groups -OCH3 is 1. The van der Waals surface area contributed by atoms with Gasteiger partial charge >= 0.3 is 29.6 Å². The van der Waals surface area contributed by atoms with E-state index in [0.717, 1.165) is 5.56 Å². The van der Waals surface area contributed by atoms with Gasteiger partial charge in [-0.25, -0.2) is 8.42 Å². The molecule has 0 heterocycles. The molecule has 2 rings (SSSR count). The molecular weight excluding hydrogens is 311 g/mol. The fraction of sp³-hybridized carbons (Fsp3) is 0.375. The molecule has 0 aliphatic heterocycles. The van der Waals surface area contributed by atoms with Crippen LogP contribution in [0.25, 0.3) is 11.1 Å². The minimum absolute atomic E-state index is 0. The largest absolute Gasteiger partial charge is 1.00 e. The van der Waals surface area contributed by atoms with Crippen LogP contribution < -0.4 is 29.6 Å². The van der Waals surface area contributed by atoms with Crippen molar-refractivity contribution in [3.05, 3.63) is 42.0 Å². The van der Waals surface area contributed by atoms with E-state index in [9.17, 15) is 13.0 Å². The van der Waals surface area contributed by atoms with Crippen molar-refractivity contribution in [1.82, 2.24) is 0 Å². The molecule has 2 aliphatic rings. The summed E-state index contributed by atoms with van der Waals surface area (Å²) in [6, 6.07) is 10.7. The first-order chi connectivity index (χ1) is 9.90. The number of hydrogen-bond acceptors (Lipinski definition) is 4. The summed E-state index contributed by atoms with van der Waals surface area (Å²) in [5.41, 5.74) is 1.79. The number of hydrogen-bond donors (Lipinski definition) is 0. The van der Waals surface area contributed by atoms with Crippen LogP contribution in [-0.4, -0.2) is 26.2 Å². The smallest absolute Gasteiger partial charge is 0.744 e. The van der Waals surface area contributed by atoms with E-state index in [1.165, 1.54) is 0 Å². The van der Waals surface area contributed by atoms with Gasteiger partial charge in [-0.2, -0.15) is 0 Å². The van der Waals surface area contributed by atoms with Crippen LogP contribution in [0.4, 0.5) is 0 Å². The number of rotatable bonds is 5. The maximum absolute atomic E-state index is 11.8. The van der Waals surface area contributed by atoms with Crippen LogP contribution in [0.5, 0.6) is 0 Å². The molecule has 0 aromatic rings. The summed E-state index contributed by atoms with van der Waals surface area (Å²) in [7, 11) is -2.96. The Kier molecular flexibility index (Phi) is 7.05. The third-order valence-corrected chi connectivity index (χ3v) is 4.87. The Morgan fingerprint density at radius 3 is 2.41 bits per heavy atom. The molecule has 114 valence electrons. The molecule has 6 heteroatoms. The van der Waals surface area contributed by atoms with Gasteiger partial charge in [-0.05, 0) is 36.1 Å². The summed E-state index contributed by atoms with van der Waals surface area (Å²) in [6.45, 7) is 3.84. The molecule has 22 heavy (non-hydrogen) atoms. The second-order valence-electron chi connectivity index (χ2n) is 5.12. The van der Waals surface area contributed by atoms with Gasteiger partial charge in [0.1, 0.15) is 10.1 Å². The molecule has 4 nitrogen and oxygen atoms in total. The molecule has 0 spiro atoms. The number of fused-ring (bicyclic) bond motifs is 1. The molecule has 2 atom stereocenters. The van der Waals surface area contributed by atoms with Gasteiger partial charge in [0.05, 0.1) is 11.0 Å². The zero-order chi connectivity index (χ0) is 15.6. The Morgan fingerprint density at radius 2 is 1.86 bits per heavy atom. The molecule has 0 aromatic carbocycles. The number of ether oxygens (including phenoxy) is 1. The van der Waals surface area contributed by atoms with Gasteiger partial charge in [0.2, 0.25) is 0 Å². The summed E-state index contributed by atoms with van der Waals surface area (Å²) in [5.74, 6) is -0.133. The van der Waals surface area contributed by atoms with Crippen molar-refractivity contribution in [2.75, 3.05) is 7.11 Å². The fourth-order valence-corrected chi connectivity index (χ4v) is 3.76. The molecule has 0 fully saturated rings. The fourth-order valence-electron chi connectivity index (χ4n) is 2.81. The van der Waals surface area contributed by atoms with Crippen molar-refractivity contribution >= 4 is 10.1 Å². The molecule has 0 saturated carbocycles. The third-order valence-electron chi connectivity index (χ3n) is 3.92. The normalized spacial score (nSPS) is 14.4.